The number of nitrogens with two attached hydrogens (primary N) is 1. The molecule has 16 heavy (non-hydrogen) atoms. The molecule has 1 aromatic rings. The maximum atomic E-state index is 6.00. The van der Waals surface area contributed by atoms with Gasteiger partial charge in [0.2, 0.25) is 0 Å². The van der Waals surface area contributed by atoms with Crippen molar-refractivity contribution < 1.29 is 0 Å². The van der Waals surface area contributed by atoms with E-state index in [9.17, 15) is 0 Å². The third-order valence-corrected chi connectivity index (χ3v) is 4.46. The van der Waals surface area contributed by atoms with E-state index < -0.39 is 0 Å². The predicted octanol–water partition coefficient (Wildman–Crippen LogP) is 2.44. The molecule has 88 valence electrons. The van der Waals surface area contributed by atoms with Gasteiger partial charge in [-0.3, -0.25) is 4.99 Å². The number of thiophene rings is 1. The topological polar surface area (TPSA) is 41.6 Å². The Hall–Kier alpha value is -1.03. The molecule has 0 radical (unpaired) electrons. The zero-order valence-corrected chi connectivity index (χ0v) is 10.8. The van der Waals surface area contributed by atoms with Gasteiger partial charge in [0.15, 0.2) is 5.96 Å². The molecular formula is C12H19N3S. The fourth-order valence-electron chi connectivity index (χ4n) is 2.30. The number of hydrogen-bond donors (Lipinski definition) is 1. The van der Waals surface area contributed by atoms with E-state index in [4.69, 9.17) is 5.73 Å². The van der Waals surface area contributed by atoms with Crippen molar-refractivity contribution in [3.05, 3.63) is 22.4 Å². The standard InChI is InChI=1S/C12H19N3S/c1-3-12(4-2)9-14-11(13)15(12)8-10-6-5-7-16-10/h5-7H,3-4,8-9H2,1-2H3,(H2,13,14). The summed E-state index contributed by atoms with van der Waals surface area (Å²) in [6.45, 7) is 6.18. The van der Waals surface area contributed by atoms with Crippen LogP contribution in [-0.4, -0.2) is 22.9 Å². The van der Waals surface area contributed by atoms with Crippen LogP contribution in [-0.2, 0) is 6.54 Å². The van der Waals surface area contributed by atoms with Crippen molar-refractivity contribution in [1.82, 2.24) is 4.90 Å². The van der Waals surface area contributed by atoms with Gasteiger partial charge in [-0.2, -0.15) is 0 Å². The molecule has 0 bridgehead atoms. The van der Waals surface area contributed by atoms with Crippen molar-refractivity contribution in [3.8, 4) is 0 Å². The first-order valence-electron chi connectivity index (χ1n) is 5.82. The lowest BCUT2D eigenvalue weighted by molar-refractivity contribution is 0.180. The van der Waals surface area contributed by atoms with Crippen molar-refractivity contribution in [2.24, 2.45) is 10.7 Å². The van der Waals surface area contributed by atoms with Crippen LogP contribution in [0, 0.1) is 0 Å². The fraction of sp³-hybridized carbons (Fsp3) is 0.583. The molecule has 0 aliphatic carbocycles. The first-order valence-corrected chi connectivity index (χ1v) is 6.70. The zero-order valence-electron chi connectivity index (χ0n) is 9.94. The molecule has 2 heterocycles. The number of guanidine groups is 1. The fourth-order valence-corrected chi connectivity index (χ4v) is 3.00. The Morgan fingerprint density at radius 3 is 2.81 bits per heavy atom. The SMILES string of the molecule is CCC1(CC)CN=C(N)N1Cc1cccs1. The molecule has 1 aliphatic heterocycles. The third-order valence-electron chi connectivity index (χ3n) is 3.59. The molecule has 0 unspecified atom stereocenters. The van der Waals surface area contributed by atoms with Gasteiger partial charge in [0.25, 0.3) is 0 Å². The van der Waals surface area contributed by atoms with Gasteiger partial charge in [-0.1, -0.05) is 19.9 Å². The molecule has 1 aliphatic rings. The molecule has 0 atom stereocenters. The monoisotopic (exact) mass is 237 g/mol. The summed E-state index contributed by atoms with van der Waals surface area (Å²) in [6, 6.07) is 4.25. The maximum absolute atomic E-state index is 6.00. The Morgan fingerprint density at radius 1 is 1.50 bits per heavy atom. The summed E-state index contributed by atoms with van der Waals surface area (Å²) in [4.78, 5) is 8.05. The van der Waals surface area contributed by atoms with E-state index in [1.165, 1.54) is 4.88 Å². The Bertz CT molecular complexity index is 366. The lowest BCUT2D eigenvalue weighted by atomic mass is 9.92. The number of aliphatic imine (C=N–C) groups is 1. The third kappa shape index (κ3) is 1.82. The second-order valence-electron chi connectivity index (χ2n) is 4.27. The highest BCUT2D eigenvalue weighted by molar-refractivity contribution is 7.09. The largest absolute Gasteiger partial charge is 0.370 e. The smallest absolute Gasteiger partial charge is 0.192 e. The molecule has 2 N–H and O–H groups in total. The average molecular weight is 237 g/mol. The molecule has 0 amide bonds. The van der Waals surface area contributed by atoms with Crippen LogP contribution >= 0.6 is 11.3 Å². The van der Waals surface area contributed by atoms with Gasteiger partial charge in [-0.15, -0.1) is 11.3 Å². The molecule has 0 saturated heterocycles. The minimum Gasteiger partial charge on any atom is -0.370 e. The molecule has 4 heteroatoms. The van der Waals surface area contributed by atoms with Gasteiger partial charge in [0.05, 0.1) is 18.6 Å². The Labute approximate surface area is 101 Å². The number of rotatable bonds is 4. The maximum Gasteiger partial charge on any atom is 0.192 e. The average Bonchev–Trinajstić information content (AvgIpc) is 2.91. The lowest BCUT2D eigenvalue weighted by Gasteiger charge is -2.37. The van der Waals surface area contributed by atoms with Crippen LogP contribution in [0.3, 0.4) is 0 Å². The van der Waals surface area contributed by atoms with E-state index in [1.54, 1.807) is 11.3 Å². The van der Waals surface area contributed by atoms with Gasteiger partial charge >= 0.3 is 0 Å². The van der Waals surface area contributed by atoms with E-state index in [0.717, 1.165) is 25.9 Å². The quantitative estimate of drug-likeness (QED) is 0.874. The minimum absolute atomic E-state index is 0.147. The molecule has 1 aromatic heterocycles. The highest BCUT2D eigenvalue weighted by atomic mass is 32.1. The van der Waals surface area contributed by atoms with Crippen LogP contribution in [0.15, 0.2) is 22.5 Å². The summed E-state index contributed by atoms with van der Waals surface area (Å²) >= 11 is 1.78. The molecule has 3 nitrogen and oxygen atoms in total. The van der Waals surface area contributed by atoms with Crippen molar-refractivity contribution in [2.75, 3.05) is 6.54 Å². The van der Waals surface area contributed by atoms with Crippen molar-refractivity contribution in [1.29, 1.82) is 0 Å². The van der Waals surface area contributed by atoms with E-state index in [-0.39, 0.29) is 5.54 Å². The normalized spacial score (nSPS) is 18.9. The summed E-state index contributed by atoms with van der Waals surface area (Å²) in [5.41, 5.74) is 6.15. The molecule has 0 aromatic carbocycles. The van der Waals surface area contributed by atoms with Gasteiger partial charge < -0.3 is 10.6 Å². The van der Waals surface area contributed by atoms with Crippen LogP contribution in [0.1, 0.15) is 31.6 Å². The number of hydrogen-bond acceptors (Lipinski definition) is 4. The second kappa shape index (κ2) is 4.45. The van der Waals surface area contributed by atoms with Gasteiger partial charge in [-0.05, 0) is 24.3 Å². The van der Waals surface area contributed by atoms with E-state index in [0.29, 0.717) is 5.96 Å². The molecule has 0 saturated carbocycles. The lowest BCUT2D eigenvalue weighted by Crippen LogP contribution is -2.50. The Kier molecular flexibility index (Phi) is 3.19. The molecular weight excluding hydrogens is 218 g/mol. The zero-order chi connectivity index (χ0) is 11.6. The van der Waals surface area contributed by atoms with Crippen molar-refractivity contribution in [2.45, 2.75) is 38.8 Å². The Balaban J connectivity index is 2.19. The van der Waals surface area contributed by atoms with Gasteiger partial charge in [0.1, 0.15) is 0 Å². The first kappa shape index (κ1) is 11.5. The number of nitrogens with zero attached hydrogens (tertiary/aromatic N) is 2. The second-order valence-corrected chi connectivity index (χ2v) is 5.30. The summed E-state index contributed by atoms with van der Waals surface area (Å²) in [6.07, 6.45) is 2.19. The molecule has 0 spiro atoms. The Morgan fingerprint density at radius 2 is 2.25 bits per heavy atom. The van der Waals surface area contributed by atoms with Crippen LogP contribution in [0.4, 0.5) is 0 Å². The van der Waals surface area contributed by atoms with Crippen LogP contribution in [0.2, 0.25) is 0 Å². The van der Waals surface area contributed by atoms with Crippen molar-refractivity contribution >= 4 is 17.3 Å². The van der Waals surface area contributed by atoms with E-state index in [2.05, 4.69) is 41.3 Å². The van der Waals surface area contributed by atoms with Crippen LogP contribution in [0.5, 0.6) is 0 Å². The van der Waals surface area contributed by atoms with Gasteiger partial charge in [0, 0.05) is 4.88 Å². The summed E-state index contributed by atoms with van der Waals surface area (Å²) in [5, 5.41) is 2.11. The minimum atomic E-state index is 0.147. The molecule has 0 fully saturated rings. The summed E-state index contributed by atoms with van der Waals surface area (Å²) in [7, 11) is 0. The molecule has 2 rings (SSSR count). The summed E-state index contributed by atoms with van der Waals surface area (Å²) < 4.78 is 0. The van der Waals surface area contributed by atoms with E-state index in [1.807, 2.05) is 0 Å². The predicted molar refractivity (Wildman–Crippen MR) is 69.7 cm³/mol. The van der Waals surface area contributed by atoms with Crippen LogP contribution < -0.4 is 5.73 Å². The summed E-state index contributed by atoms with van der Waals surface area (Å²) in [5.74, 6) is 0.706. The first-order chi connectivity index (χ1) is 7.72. The highest BCUT2D eigenvalue weighted by Crippen LogP contribution is 2.31. The van der Waals surface area contributed by atoms with Crippen LogP contribution in [0.25, 0.3) is 0 Å². The highest BCUT2D eigenvalue weighted by Gasteiger charge is 2.39. The van der Waals surface area contributed by atoms with E-state index >= 15 is 0 Å². The van der Waals surface area contributed by atoms with Gasteiger partial charge in [-0.25, -0.2) is 0 Å². The van der Waals surface area contributed by atoms with Crippen molar-refractivity contribution in [3.63, 3.8) is 0 Å².